The second-order valence-electron chi connectivity index (χ2n) is 17.4. The zero-order chi connectivity index (χ0) is 40.2. The molecular weight excluding hydrogens is 729 g/mol. The highest BCUT2D eigenvalue weighted by molar-refractivity contribution is 5.99. The summed E-state index contributed by atoms with van der Waals surface area (Å²) in [4.78, 5) is 52.5. The Morgan fingerprint density at radius 1 is 0.931 bits per heavy atom. The van der Waals surface area contributed by atoms with Crippen LogP contribution >= 0.6 is 0 Å². The van der Waals surface area contributed by atoms with Gasteiger partial charge in [-0.05, 0) is 130 Å². The SMILES string of the molecule is C=CC(=O)Nc1cccc(-n2c(=O)cc(C)c3cnc(Nc4ccc(N5CCN(CCCCCCNC(=O)CC67CC8CC(CC(C8)C6)C7)CC5)cc4OC)nc32)c1. The molecule has 5 aliphatic rings. The van der Waals surface area contributed by atoms with E-state index in [1.165, 1.54) is 62.0 Å². The molecule has 0 spiro atoms. The van der Waals surface area contributed by atoms with Crippen LogP contribution in [-0.4, -0.2) is 77.6 Å². The first-order chi connectivity index (χ1) is 28.2. The molecule has 4 bridgehead atoms. The fourth-order valence-corrected chi connectivity index (χ4v) is 10.8. The molecule has 58 heavy (non-hydrogen) atoms. The lowest BCUT2D eigenvalue weighted by Crippen LogP contribution is -2.48. The third kappa shape index (κ3) is 8.92. The molecule has 1 saturated heterocycles. The van der Waals surface area contributed by atoms with Gasteiger partial charge in [-0.15, -0.1) is 0 Å². The van der Waals surface area contributed by atoms with E-state index in [1.54, 1.807) is 43.6 Å². The highest BCUT2D eigenvalue weighted by Crippen LogP contribution is 2.61. The Labute approximate surface area is 341 Å². The van der Waals surface area contributed by atoms with Gasteiger partial charge in [-0.1, -0.05) is 25.5 Å². The molecule has 1 aliphatic heterocycles. The molecule has 0 radical (unpaired) electrons. The molecule has 0 unspecified atom stereocenters. The number of benzene rings is 2. The Bertz CT molecular complexity index is 2170. The number of anilines is 4. The van der Waals surface area contributed by atoms with Gasteiger partial charge in [-0.2, -0.15) is 4.98 Å². The summed E-state index contributed by atoms with van der Waals surface area (Å²) in [7, 11) is 1.65. The number of nitrogens with one attached hydrogen (secondary N) is 3. The van der Waals surface area contributed by atoms with E-state index in [4.69, 9.17) is 9.72 Å². The van der Waals surface area contributed by atoms with Crippen molar-refractivity contribution in [3.05, 3.63) is 83.3 Å². The largest absolute Gasteiger partial charge is 0.494 e. The lowest BCUT2D eigenvalue weighted by atomic mass is 9.49. The molecule has 4 aliphatic carbocycles. The van der Waals surface area contributed by atoms with Crippen LogP contribution in [0.4, 0.5) is 23.0 Å². The monoisotopic (exact) mass is 786 g/mol. The van der Waals surface area contributed by atoms with Crippen molar-refractivity contribution in [1.82, 2.24) is 24.8 Å². The van der Waals surface area contributed by atoms with Crippen molar-refractivity contribution in [3.63, 3.8) is 0 Å². The first kappa shape index (κ1) is 39.6. The van der Waals surface area contributed by atoms with Gasteiger partial charge in [0.2, 0.25) is 17.8 Å². The summed E-state index contributed by atoms with van der Waals surface area (Å²) in [5, 5.41) is 10.1. The first-order valence-corrected chi connectivity index (χ1v) is 21.3. The summed E-state index contributed by atoms with van der Waals surface area (Å²) >= 11 is 0. The van der Waals surface area contributed by atoms with Gasteiger partial charge in [-0.3, -0.25) is 23.9 Å². The number of fused-ring (bicyclic) bond motifs is 1. The standard InChI is InChI=1S/C46H58N8O4/c1-4-41(55)49-35-10-9-11-37(24-35)54-43(57)20-31(2)38-30-48-45(51-44(38)54)50-39-13-12-36(25-40(39)58-3)53-18-16-52(17-19-53)15-8-6-5-7-14-47-42(56)29-46-26-32-21-33(27-46)23-34(22-32)28-46/h4,9-13,20,24-25,30,32-34H,1,5-8,14-19,21-23,26-29H2,2-3H3,(H,47,56)(H,49,55)(H,48,50,51). The molecule has 12 nitrogen and oxygen atoms in total. The molecule has 3 N–H and O–H groups in total. The van der Waals surface area contributed by atoms with Crippen LogP contribution in [0.5, 0.6) is 5.75 Å². The highest BCUT2D eigenvalue weighted by Gasteiger charge is 2.51. The van der Waals surface area contributed by atoms with Crippen LogP contribution in [0, 0.1) is 30.1 Å². The van der Waals surface area contributed by atoms with E-state index in [0.717, 1.165) is 92.9 Å². The molecule has 12 heteroatoms. The second-order valence-corrected chi connectivity index (χ2v) is 17.4. The van der Waals surface area contributed by atoms with Gasteiger partial charge in [0.15, 0.2) is 5.65 Å². The fraction of sp³-hybridized carbons (Fsp3) is 0.500. The fourth-order valence-electron chi connectivity index (χ4n) is 10.8. The van der Waals surface area contributed by atoms with E-state index in [9.17, 15) is 14.4 Å². The molecule has 9 rings (SSSR count). The van der Waals surface area contributed by atoms with Gasteiger partial charge < -0.3 is 25.6 Å². The van der Waals surface area contributed by atoms with E-state index >= 15 is 0 Å². The molecule has 4 aromatic rings. The quantitative estimate of drug-likeness (QED) is 0.0787. The summed E-state index contributed by atoms with van der Waals surface area (Å²) < 4.78 is 7.35. The molecule has 2 aromatic heterocycles. The zero-order valence-electron chi connectivity index (χ0n) is 34.1. The van der Waals surface area contributed by atoms with Crippen molar-refractivity contribution >= 4 is 45.9 Å². The maximum atomic E-state index is 13.4. The predicted octanol–water partition coefficient (Wildman–Crippen LogP) is 7.37. The number of methoxy groups -OCH3 is 1. The molecule has 2 aromatic carbocycles. The number of nitrogens with zero attached hydrogens (tertiary/aromatic N) is 5. The average Bonchev–Trinajstić information content (AvgIpc) is 3.20. The summed E-state index contributed by atoms with van der Waals surface area (Å²) in [6.07, 6.45) is 16.5. The van der Waals surface area contributed by atoms with Crippen LogP contribution in [0.15, 0.2) is 72.2 Å². The number of amides is 2. The average molecular weight is 787 g/mol. The molecular formula is C46H58N8O4. The number of carbonyl (C=O) groups excluding carboxylic acids is 2. The molecule has 2 amide bonds. The first-order valence-electron chi connectivity index (χ1n) is 21.3. The highest BCUT2D eigenvalue weighted by atomic mass is 16.5. The second kappa shape index (κ2) is 17.3. The Morgan fingerprint density at radius 3 is 2.40 bits per heavy atom. The zero-order valence-corrected chi connectivity index (χ0v) is 34.1. The van der Waals surface area contributed by atoms with Crippen LogP contribution < -0.4 is 31.1 Å². The number of carbonyl (C=O) groups is 2. The molecule has 5 fully saturated rings. The molecule has 0 atom stereocenters. The minimum absolute atomic E-state index is 0.248. The number of ether oxygens (including phenoxy) is 1. The smallest absolute Gasteiger partial charge is 0.257 e. The number of aryl methyl sites for hydroxylation is 1. The maximum absolute atomic E-state index is 13.4. The van der Waals surface area contributed by atoms with Crippen molar-refractivity contribution in [2.45, 2.75) is 77.6 Å². The number of piperazine rings is 1. The molecule has 306 valence electrons. The number of rotatable bonds is 16. The van der Waals surface area contributed by atoms with Crippen LogP contribution in [0.3, 0.4) is 0 Å². The van der Waals surface area contributed by atoms with Crippen molar-refractivity contribution in [2.24, 2.45) is 23.2 Å². The number of aromatic nitrogens is 3. The van der Waals surface area contributed by atoms with Crippen LogP contribution in [0.2, 0.25) is 0 Å². The van der Waals surface area contributed by atoms with E-state index in [0.29, 0.717) is 45.7 Å². The van der Waals surface area contributed by atoms with Gasteiger partial charge in [0, 0.05) is 74.2 Å². The third-order valence-electron chi connectivity index (χ3n) is 13.1. The Morgan fingerprint density at radius 2 is 1.67 bits per heavy atom. The number of hydrogen-bond donors (Lipinski definition) is 3. The van der Waals surface area contributed by atoms with Crippen molar-refractivity contribution in [3.8, 4) is 11.4 Å². The van der Waals surface area contributed by atoms with Crippen LogP contribution in [-0.2, 0) is 9.59 Å². The van der Waals surface area contributed by atoms with Crippen molar-refractivity contribution < 1.29 is 14.3 Å². The lowest BCUT2D eigenvalue weighted by Gasteiger charge is -2.56. The van der Waals surface area contributed by atoms with E-state index in [1.807, 2.05) is 19.1 Å². The van der Waals surface area contributed by atoms with Crippen molar-refractivity contribution in [2.75, 3.05) is 61.9 Å². The number of unbranched alkanes of at least 4 members (excludes halogenated alkanes) is 3. The van der Waals surface area contributed by atoms with Crippen LogP contribution in [0.1, 0.15) is 76.2 Å². The summed E-state index contributed by atoms with van der Waals surface area (Å²) in [6, 6.07) is 14.7. The predicted molar refractivity (Wildman–Crippen MR) is 230 cm³/mol. The third-order valence-corrected chi connectivity index (χ3v) is 13.1. The van der Waals surface area contributed by atoms with Gasteiger partial charge >= 0.3 is 0 Å². The normalized spacial score (nSPS) is 22.5. The van der Waals surface area contributed by atoms with E-state index < -0.39 is 0 Å². The van der Waals surface area contributed by atoms with Crippen LogP contribution in [0.25, 0.3) is 16.7 Å². The number of pyridine rings is 1. The minimum atomic E-state index is -0.341. The van der Waals surface area contributed by atoms with Gasteiger partial charge in [0.1, 0.15) is 5.75 Å². The summed E-state index contributed by atoms with van der Waals surface area (Å²) in [5.41, 5.74) is 4.18. The van der Waals surface area contributed by atoms with Crippen molar-refractivity contribution in [1.29, 1.82) is 0 Å². The molecule has 4 saturated carbocycles. The summed E-state index contributed by atoms with van der Waals surface area (Å²) in [6.45, 7) is 11.2. The minimum Gasteiger partial charge on any atom is -0.494 e. The maximum Gasteiger partial charge on any atom is 0.257 e. The Hall–Kier alpha value is -5.23. The lowest BCUT2D eigenvalue weighted by molar-refractivity contribution is -0.129. The number of hydrogen-bond acceptors (Lipinski definition) is 9. The topological polar surface area (TPSA) is 134 Å². The van der Waals surface area contributed by atoms with Gasteiger partial charge in [0.05, 0.1) is 18.5 Å². The van der Waals surface area contributed by atoms with Gasteiger partial charge in [-0.25, -0.2) is 4.98 Å². The van der Waals surface area contributed by atoms with E-state index in [-0.39, 0.29) is 11.5 Å². The molecule has 3 heterocycles. The van der Waals surface area contributed by atoms with Gasteiger partial charge in [0.25, 0.3) is 5.56 Å². The van der Waals surface area contributed by atoms with E-state index in [2.05, 4.69) is 43.4 Å². The Kier molecular flexibility index (Phi) is 11.8. The summed E-state index contributed by atoms with van der Waals surface area (Å²) in [5.74, 6) is 3.63. The Balaban J connectivity index is 0.805.